The number of aromatic nitrogens is 2. The van der Waals surface area contributed by atoms with Crippen LogP contribution in [0, 0.1) is 6.92 Å². The predicted octanol–water partition coefficient (Wildman–Crippen LogP) is 4.09. The van der Waals surface area contributed by atoms with Crippen molar-refractivity contribution in [3.63, 3.8) is 0 Å². The Kier molecular flexibility index (Phi) is 6.98. The van der Waals surface area contributed by atoms with Crippen LogP contribution in [0.25, 0.3) is 22.3 Å². The molecular weight excluding hydrogens is 448 g/mol. The third-order valence-electron chi connectivity index (χ3n) is 5.16. The minimum atomic E-state index is -0.280. The van der Waals surface area contributed by atoms with Gasteiger partial charge in [0, 0.05) is 0 Å². The van der Waals surface area contributed by atoms with E-state index in [1.54, 1.807) is 23.8 Å². The fourth-order valence-corrected chi connectivity index (χ4v) is 4.12. The molecule has 0 aliphatic heterocycles. The van der Waals surface area contributed by atoms with Crippen LogP contribution >= 0.6 is 11.8 Å². The third kappa shape index (κ3) is 5.13. The van der Waals surface area contributed by atoms with Gasteiger partial charge in [-0.05, 0) is 61.0 Å². The molecule has 0 saturated carbocycles. The van der Waals surface area contributed by atoms with Crippen LogP contribution < -0.4 is 21.1 Å². The highest BCUT2D eigenvalue weighted by atomic mass is 32.2. The van der Waals surface area contributed by atoms with Crippen LogP contribution in [0.4, 0.5) is 0 Å². The standard InChI is InChI=1S/C26H24N4O3S/c1-17-8-12-20(13-9-17)30-25(32)22-6-4-5-7-23(22)27-26(30)34-16-24(31)29-28-18(2)19-10-14-21(33-3)15-11-19/h4-15,28H,2,16H2,1,3H3,(H,29,31). The maximum absolute atomic E-state index is 13.3. The van der Waals surface area contributed by atoms with Crippen molar-refractivity contribution in [2.45, 2.75) is 12.1 Å². The maximum atomic E-state index is 13.3. The van der Waals surface area contributed by atoms with Crippen molar-refractivity contribution < 1.29 is 9.53 Å². The average molecular weight is 473 g/mol. The number of carbonyl (C=O) groups is 1. The molecule has 3 aromatic carbocycles. The maximum Gasteiger partial charge on any atom is 0.266 e. The van der Waals surface area contributed by atoms with E-state index in [2.05, 4.69) is 22.4 Å². The number of fused-ring (bicyclic) bond motifs is 1. The lowest BCUT2D eigenvalue weighted by Gasteiger charge is -2.14. The van der Waals surface area contributed by atoms with Gasteiger partial charge in [0.1, 0.15) is 5.75 Å². The molecule has 0 fully saturated rings. The zero-order valence-corrected chi connectivity index (χ0v) is 19.7. The molecule has 0 unspecified atom stereocenters. The molecule has 0 bridgehead atoms. The first-order valence-electron chi connectivity index (χ1n) is 10.6. The summed E-state index contributed by atoms with van der Waals surface area (Å²) < 4.78 is 6.70. The zero-order chi connectivity index (χ0) is 24.1. The van der Waals surface area contributed by atoms with Crippen molar-refractivity contribution >= 4 is 34.3 Å². The van der Waals surface area contributed by atoms with Gasteiger partial charge in [0.2, 0.25) is 5.91 Å². The second-order valence-corrected chi connectivity index (χ2v) is 8.50. The van der Waals surface area contributed by atoms with E-state index in [1.807, 2.05) is 67.6 Å². The Hall–Kier alpha value is -4.04. The van der Waals surface area contributed by atoms with E-state index < -0.39 is 0 Å². The van der Waals surface area contributed by atoms with E-state index >= 15 is 0 Å². The van der Waals surface area contributed by atoms with Crippen molar-refractivity contribution in [1.82, 2.24) is 20.4 Å². The van der Waals surface area contributed by atoms with Gasteiger partial charge in [0.05, 0.1) is 35.2 Å². The first-order valence-corrected chi connectivity index (χ1v) is 11.5. The first kappa shape index (κ1) is 23.1. The molecule has 0 saturated heterocycles. The normalized spacial score (nSPS) is 10.6. The van der Waals surface area contributed by atoms with Crippen LogP contribution in [0.1, 0.15) is 11.1 Å². The van der Waals surface area contributed by atoms with Crippen molar-refractivity contribution in [2.24, 2.45) is 0 Å². The largest absolute Gasteiger partial charge is 0.497 e. The Balaban J connectivity index is 1.50. The number of nitrogens with one attached hydrogen (secondary N) is 2. The lowest BCUT2D eigenvalue weighted by Crippen LogP contribution is -2.37. The lowest BCUT2D eigenvalue weighted by molar-refractivity contribution is -0.119. The van der Waals surface area contributed by atoms with E-state index in [4.69, 9.17) is 4.74 Å². The van der Waals surface area contributed by atoms with Gasteiger partial charge < -0.3 is 4.74 Å². The number of rotatable bonds is 8. The Morgan fingerprint density at radius 1 is 1.03 bits per heavy atom. The van der Waals surface area contributed by atoms with E-state index in [0.29, 0.717) is 27.4 Å². The van der Waals surface area contributed by atoms with Crippen LogP contribution in [0.3, 0.4) is 0 Å². The Morgan fingerprint density at radius 3 is 2.44 bits per heavy atom. The highest BCUT2D eigenvalue weighted by Gasteiger charge is 2.15. The number of amides is 1. The highest BCUT2D eigenvalue weighted by molar-refractivity contribution is 7.99. The van der Waals surface area contributed by atoms with Gasteiger partial charge in [-0.25, -0.2) is 4.98 Å². The highest BCUT2D eigenvalue weighted by Crippen LogP contribution is 2.21. The Labute approximate surface area is 201 Å². The molecule has 7 nitrogen and oxygen atoms in total. The summed E-state index contributed by atoms with van der Waals surface area (Å²) in [5, 5.41) is 0.964. The van der Waals surface area contributed by atoms with Gasteiger partial charge in [-0.2, -0.15) is 0 Å². The van der Waals surface area contributed by atoms with Crippen LogP contribution in [0.5, 0.6) is 5.75 Å². The van der Waals surface area contributed by atoms with Crippen molar-refractivity contribution in [3.05, 3.63) is 101 Å². The second-order valence-electron chi connectivity index (χ2n) is 7.56. The molecule has 0 aliphatic carbocycles. The van der Waals surface area contributed by atoms with Crippen molar-refractivity contribution in [1.29, 1.82) is 0 Å². The predicted molar refractivity (Wildman–Crippen MR) is 136 cm³/mol. The van der Waals surface area contributed by atoms with E-state index in [1.165, 1.54) is 11.8 Å². The number of benzene rings is 3. The minimum absolute atomic E-state index is 0.0551. The SMILES string of the molecule is C=C(NNC(=O)CSc1nc2ccccc2c(=O)n1-c1ccc(C)cc1)c1ccc(OC)cc1. The first-order chi connectivity index (χ1) is 16.5. The molecule has 172 valence electrons. The van der Waals surface area contributed by atoms with Crippen LogP contribution in [0.2, 0.25) is 0 Å². The van der Waals surface area contributed by atoms with E-state index in [-0.39, 0.29) is 17.2 Å². The molecular formula is C26H24N4O3S. The second kappa shape index (κ2) is 10.3. The van der Waals surface area contributed by atoms with E-state index in [9.17, 15) is 9.59 Å². The molecule has 8 heteroatoms. The van der Waals surface area contributed by atoms with Crippen LogP contribution in [0.15, 0.2) is 89.3 Å². The van der Waals surface area contributed by atoms with Crippen molar-refractivity contribution in [3.8, 4) is 11.4 Å². The smallest absolute Gasteiger partial charge is 0.266 e. The van der Waals surface area contributed by atoms with Gasteiger partial charge in [-0.3, -0.25) is 25.0 Å². The van der Waals surface area contributed by atoms with Crippen molar-refractivity contribution in [2.75, 3.05) is 12.9 Å². The lowest BCUT2D eigenvalue weighted by atomic mass is 10.2. The molecule has 0 radical (unpaired) electrons. The number of methoxy groups -OCH3 is 1. The van der Waals surface area contributed by atoms with Crippen LogP contribution in [-0.2, 0) is 4.79 Å². The number of hydrogen-bond acceptors (Lipinski definition) is 6. The summed E-state index contributed by atoms with van der Waals surface area (Å²) in [6, 6.07) is 22.1. The van der Waals surface area contributed by atoms with E-state index in [0.717, 1.165) is 16.9 Å². The van der Waals surface area contributed by atoms with Gasteiger partial charge >= 0.3 is 0 Å². The molecule has 1 amide bonds. The summed E-state index contributed by atoms with van der Waals surface area (Å²) in [4.78, 5) is 30.5. The molecule has 4 aromatic rings. The molecule has 4 rings (SSSR count). The van der Waals surface area contributed by atoms with Gasteiger partial charge in [-0.1, -0.05) is 48.2 Å². The Bertz CT molecular complexity index is 1400. The number of hydrogen-bond donors (Lipinski definition) is 2. The fourth-order valence-electron chi connectivity index (χ4n) is 3.31. The number of carbonyl (C=O) groups excluding carboxylic acids is 1. The number of thioether (sulfide) groups is 1. The number of ether oxygens (including phenoxy) is 1. The number of para-hydroxylation sites is 1. The zero-order valence-electron chi connectivity index (χ0n) is 18.9. The fraction of sp³-hybridized carbons (Fsp3) is 0.115. The summed E-state index contributed by atoms with van der Waals surface area (Å²) in [6.07, 6.45) is 0. The van der Waals surface area contributed by atoms with Gasteiger partial charge in [0.15, 0.2) is 5.16 Å². The molecule has 1 heterocycles. The van der Waals surface area contributed by atoms with Gasteiger partial charge in [-0.15, -0.1) is 0 Å². The molecule has 0 atom stereocenters. The summed E-state index contributed by atoms with van der Waals surface area (Å²) in [5.74, 6) is 0.511. The third-order valence-corrected chi connectivity index (χ3v) is 6.10. The summed E-state index contributed by atoms with van der Waals surface area (Å²) in [7, 11) is 1.60. The number of aryl methyl sites for hydroxylation is 1. The Morgan fingerprint density at radius 2 is 1.74 bits per heavy atom. The average Bonchev–Trinajstić information content (AvgIpc) is 2.87. The monoisotopic (exact) mass is 472 g/mol. The van der Waals surface area contributed by atoms with Crippen LogP contribution in [-0.4, -0.2) is 28.3 Å². The summed E-state index contributed by atoms with van der Waals surface area (Å²) >= 11 is 1.19. The molecule has 0 aliphatic rings. The molecule has 34 heavy (non-hydrogen) atoms. The van der Waals surface area contributed by atoms with Gasteiger partial charge in [0.25, 0.3) is 5.56 Å². The number of nitrogens with zero attached hydrogens (tertiary/aromatic N) is 2. The molecule has 1 aromatic heterocycles. The molecule has 0 spiro atoms. The quantitative estimate of drug-likeness (QED) is 0.228. The topological polar surface area (TPSA) is 85.3 Å². The summed E-state index contributed by atoms with van der Waals surface area (Å²) in [6.45, 7) is 5.93. The number of hydrazine groups is 1. The minimum Gasteiger partial charge on any atom is -0.497 e. The summed E-state index contributed by atoms with van der Waals surface area (Å²) in [5.41, 5.74) is 9.02. The molecule has 2 N–H and O–H groups in total.